The normalized spacial score (nSPS) is 16.2. The van der Waals surface area contributed by atoms with Crippen LogP contribution in [0.2, 0.25) is 0 Å². The summed E-state index contributed by atoms with van der Waals surface area (Å²) in [5.74, 6) is 0. The van der Waals surface area contributed by atoms with Crippen LogP contribution in [0.1, 0.15) is 70.2 Å². The third kappa shape index (κ3) is 6.30. The van der Waals surface area contributed by atoms with Gasteiger partial charge in [-0.15, -0.1) is 0 Å². The molecule has 136 valence electrons. The molecule has 0 bridgehead atoms. The predicted octanol–water partition coefficient (Wildman–Crippen LogP) is 5.64. The molecular formula is C23H34N2. The minimum atomic E-state index is 0.356. The summed E-state index contributed by atoms with van der Waals surface area (Å²) in [6.07, 6.45) is 3.69. The third-order valence-corrected chi connectivity index (χ3v) is 5.05. The van der Waals surface area contributed by atoms with Crippen molar-refractivity contribution in [3.63, 3.8) is 0 Å². The molecule has 2 aromatic rings. The Kier molecular flexibility index (Phi) is 8.17. The van der Waals surface area contributed by atoms with Crippen LogP contribution in [0.15, 0.2) is 60.7 Å². The monoisotopic (exact) mass is 338 g/mol. The standard InChI is InChI=1S/C23H34N2/c1-5-6-17-23(25-19(3)22-15-11-8-12-16-22)20(4)24-18(2)21-13-9-7-10-14-21/h7-16,18-20,23-25H,5-6,17H2,1-4H3/t18-,19-,20+,23+/m0/s1. The average Bonchev–Trinajstić information content (AvgIpc) is 2.66. The maximum Gasteiger partial charge on any atom is 0.0294 e. The Morgan fingerprint density at radius 3 is 1.68 bits per heavy atom. The Balaban J connectivity index is 2.00. The first-order valence-corrected chi connectivity index (χ1v) is 9.73. The van der Waals surface area contributed by atoms with Gasteiger partial charge in [0.15, 0.2) is 0 Å². The molecule has 0 heterocycles. The number of benzene rings is 2. The van der Waals surface area contributed by atoms with Crippen molar-refractivity contribution in [2.75, 3.05) is 0 Å². The predicted molar refractivity (Wildman–Crippen MR) is 109 cm³/mol. The maximum absolute atomic E-state index is 3.86. The van der Waals surface area contributed by atoms with E-state index in [1.54, 1.807) is 0 Å². The summed E-state index contributed by atoms with van der Waals surface area (Å²) in [6.45, 7) is 9.10. The second kappa shape index (κ2) is 10.4. The molecule has 0 radical (unpaired) electrons. The number of rotatable bonds is 10. The second-order valence-corrected chi connectivity index (χ2v) is 7.14. The molecule has 0 amide bonds. The zero-order valence-electron chi connectivity index (χ0n) is 16.2. The SMILES string of the molecule is CCCC[C@@H](N[C@@H](C)c1ccccc1)[C@@H](C)N[C@@H](C)c1ccccc1. The van der Waals surface area contributed by atoms with Crippen LogP contribution in [-0.4, -0.2) is 12.1 Å². The van der Waals surface area contributed by atoms with Crippen LogP contribution in [0.25, 0.3) is 0 Å². The Bertz CT molecular complexity index is 582. The molecule has 0 saturated heterocycles. The summed E-state index contributed by atoms with van der Waals surface area (Å²) in [5, 5.41) is 7.66. The maximum atomic E-state index is 3.86. The Labute approximate surface area is 154 Å². The van der Waals surface area contributed by atoms with Crippen LogP contribution in [-0.2, 0) is 0 Å². The summed E-state index contributed by atoms with van der Waals surface area (Å²) in [5.41, 5.74) is 2.70. The molecule has 0 fully saturated rings. The van der Waals surface area contributed by atoms with Gasteiger partial charge in [0.2, 0.25) is 0 Å². The van der Waals surface area contributed by atoms with E-state index in [-0.39, 0.29) is 0 Å². The van der Waals surface area contributed by atoms with Crippen molar-refractivity contribution < 1.29 is 0 Å². The van der Waals surface area contributed by atoms with E-state index in [0.29, 0.717) is 24.2 Å². The lowest BCUT2D eigenvalue weighted by molar-refractivity contribution is 0.318. The van der Waals surface area contributed by atoms with E-state index >= 15 is 0 Å². The van der Waals surface area contributed by atoms with Crippen molar-refractivity contribution in [3.8, 4) is 0 Å². The highest BCUT2D eigenvalue weighted by Gasteiger charge is 2.21. The van der Waals surface area contributed by atoms with Gasteiger partial charge in [0.1, 0.15) is 0 Å². The van der Waals surface area contributed by atoms with Gasteiger partial charge in [0.25, 0.3) is 0 Å². The highest BCUT2D eigenvalue weighted by molar-refractivity contribution is 5.19. The first-order chi connectivity index (χ1) is 12.1. The van der Waals surface area contributed by atoms with Crippen LogP contribution in [0, 0.1) is 0 Å². The molecule has 4 atom stereocenters. The Hall–Kier alpha value is -1.64. The lowest BCUT2D eigenvalue weighted by Crippen LogP contribution is -2.47. The molecule has 0 spiro atoms. The minimum Gasteiger partial charge on any atom is -0.306 e. The van der Waals surface area contributed by atoms with Gasteiger partial charge in [-0.3, -0.25) is 0 Å². The molecule has 0 aliphatic rings. The lowest BCUT2D eigenvalue weighted by Gasteiger charge is -2.31. The molecule has 2 aromatic carbocycles. The molecule has 0 saturated carbocycles. The summed E-state index contributed by atoms with van der Waals surface area (Å²) in [4.78, 5) is 0. The third-order valence-electron chi connectivity index (χ3n) is 5.05. The smallest absolute Gasteiger partial charge is 0.0294 e. The molecule has 0 unspecified atom stereocenters. The fourth-order valence-electron chi connectivity index (χ4n) is 3.41. The van der Waals surface area contributed by atoms with Crippen LogP contribution in [0.4, 0.5) is 0 Å². The molecule has 2 nitrogen and oxygen atoms in total. The molecule has 0 aliphatic carbocycles. The van der Waals surface area contributed by atoms with E-state index in [1.807, 2.05) is 0 Å². The molecule has 25 heavy (non-hydrogen) atoms. The van der Waals surface area contributed by atoms with E-state index in [2.05, 4.69) is 99.0 Å². The summed E-state index contributed by atoms with van der Waals surface area (Å²) < 4.78 is 0. The van der Waals surface area contributed by atoms with Crippen molar-refractivity contribution in [2.24, 2.45) is 0 Å². The zero-order chi connectivity index (χ0) is 18.1. The van der Waals surface area contributed by atoms with Crippen molar-refractivity contribution in [1.82, 2.24) is 10.6 Å². The van der Waals surface area contributed by atoms with E-state index < -0.39 is 0 Å². The quantitative estimate of drug-likeness (QED) is 0.586. The van der Waals surface area contributed by atoms with Crippen molar-refractivity contribution in [3.05, 3.63) is 71.8 Å². The van der Waals surface area contributed by atoms with Crippen LogP contribution in [0.3, 0.4) is 0 Å². The molecule has 2 rings (SSSR count). The van der Waals surface area contributed by atoms with Gasteiger partial charge in [-0.1, -0.05) is 80.4 Å². The highest BCUT2D eigenvalue weighted by atomic mass is 15.0. The largest absolute Gasteiger partial charge is 0.306 e. The van der Waals surface area contributed by atoms with Gasteiger partial charge >= 0.3 is 0 Å². The van der Waals surface area contributed by atoms with E-state index in [0.717, 1.165) is 0 Å². The van der Waals surface area contributed by atoms with Crippen LogP contribution in [0.5, 0.6) is 0 Å². The van der Waals surface area contributed by atoms with E-state index in [9.17, 15) is 0 Å². The number of unbranched alkanes of at least 4 members (excludes halogenated alkanes) is 1. The lowest BCUT2D eigenvalue weighted by atomic mass is 9.98. The molecule has 0 aromatic heterocycles. The Morgan fingerprint density at radius 2 is 1.20 bits per heavy atom. The van der Waals surface area contributed by atoms with Crippen molar-refractivity contribution >= 4 is 0 Å². The van der Waals surface area contributed by atoms with Gasteiger partial charge in [-0.2, -0.15) is 0 Å². The van der Waals surface area contributed by atoms with Gasteiger partial charge in [0, 0.05) is 24.2 Å². The van der Waals surface area contributed by atoms with Gasteiger partial charge in [-0.05, 0) is 38.3 Å². The van der Waals surface area contributed by atoms with Crippen molar-refractivity contribution in [1.29, 1.82) is 0 Å². The fourth-order valence-corrected chi connectivity index (χ4v) is 3.41. The van der Waals surface area contributed by atoms with Gasteiger partial charge < -0.3 is 10.6 Å². The molecule has 0 aliphatic heterocycles. The first-order valence-electron chi connectivity index (χ1n) is 9.73. The minimum absolute atomic E-state index is 0.356. The van der Waals surface area contributed by atoms with Gasteiger partial charge in [-0.25, -0.2) is 0 Å². The van der Waals surface area contributed by atoms with Crippen LogP contribution < -0.4 is 10.6 Å². The van der Waals surface area contributed by atoms with Crippen molar-refractivity contribution in [2.45, 2.75) is 71.1 Å². The summed E-state index contributed by atoms with van der Waals surface area (Å²) in [7, 11) is 0. The van der Waals surface area contributed by atoms with Gasteiger partial charge in [0.05, 0.1) is 0 Å². The fraction of sp³-hybridized carbons (Fsp3) is 0.478. The average molecular weight is 339 g/mol. The number of hydrogen-bond donors (Lipinski definition) is 2. The zero-order valence-corrected chi connectivity index (χ0v) is 16.2. The summed E-state index contributed by atoms with van der Waals surface area (Å²) in [6, 6.07) is 23.0. The van der Waals surface area contributed by atoms with E-state index in [1.165, 1.54) is 30.4 Å². The van der Waals surface area contributed by atoms with E-state index in [4.69, 9.17) is 0 Å². The first kappa shape index (κ1) is 19.7. The highest BCUT2D eigenvalue weighted by Crippen LogP contribution is 2.18. The number of hydrogen-bond acceptors (Lipinski definition) is 2. The molecular weight excluding hydrogens is 304 g/mol. The molecule has 2 N–H and O–H groups in total. The Morgan fingerprint density at radius 1 is 0.720 bits per heavy atom. The number of nitrogens with one attached hydrogen (secondary N) is 2. The topological polar surface area (TPSA) is 24.1 Å². The van der Waals surface area contributed by atoms with Crippen LogP contribution >= 0.6 is 0 Å². The molecule has 2 heteroatoms. The second-order valence-electron chi connectivity index (χ2n) is 7.14. The summed E-state index contributed by atoms with van der Waals surface area (Å²) >= 11 is 0.